The number of amides is 1. The molecule has 1 saturated heterocycles. The minimum atomic E-state index is 0.0125. The molecule has 0 bridgehead atoms. The first-order valence-corrected chi connectivity index (χ1v) is 5.84. The predicted octanol–water partition coefficient (Wildman–Crippen LogP) is 1.76. The van der Waals surface area contributed by atoms with Gasteiger partial charge in [-0.05, 0) is 30.5 Å². The van der Waals surface area contributed by atoms with Crippen LogP contribution in [0.25, 0.3) is 0 Å². The zero-order chi connectivity index (χ0) is 12.4. The first-order valence-electron chi connectivity index (χ1n) is 5.84. The average Bonchev–Trinajstić information content (AvgIpc) is 2.75. The number of nitrogen functional groups attached to an aromatic ring is 1. The summed E-state index contributed by atoms with van der Waals surface area (Å²) in [5.74, 6) is 1.17. The van der Waals surface area contributed by atoms with Crippen molar-refractivity contribution in [2.75, 3.05) is 25.9 Å². The fourth-order valence-electron chi connectivity index (χ4n) is 2.18. The molecule has 92 valence electrons. The van der Waals surface area contributed by atoms with Gasteiger partial charge in [0.15, 0.2) is 0 Å². The lowest BCUT2D eigenvalue weighted by Crippen LogP contribution is -2.28. The van der Waals surface area contributed by atoms with E-state index in [1.807, 2.05) is 4.90 Å². The third-order valence-electron chi connectivity index (χ3n) is 3.17. The Bertz CT molecular complexity index is 431. The van der Waals surface area contributed by atoms with Crippen LogP contribution < -0.4 is 10.5 Å². The Kier molecular flexibility index (Phi) is 3.22. The van der Waals surface area contributed by atoms with E-state index in [0.717, 1.165) is 19.5 Å². The van der Waals surface area contributed by atoms with Crippen LogP contribution in [0.2, 0.25) is 0 Å². The number of carbonyl (C=O) groups excluding carboxylic acids is 1. The van der Waals surface area contributed by atoms with E-state index in [1.165, 1.54) is 0 Å². The quantitative estimate of drug-likeness (QED) is 0.793. The van der Waals surface area contributed by atoms with E-state index in [-0.39, 0.29) is 5.91 Å². The molecular formula is C13H18N2O2. The molecule has 1 aliphatic heterocycles. The van der Waals surface area contributed by atoms with Crippen molar-refractivity contribution >= 4 is 11.6 Å². The second-order valence-electron chi connectivity index (χ2n) is 4.60. The summed E-state index contributed by atoms with van der Waals surface area (Å²) in [5, 5.41) is 0. The second kappa shape index (κ2) is 4.65. The van der Waals surface area contributed by atoms with E-state index in [4.69, 9.17) is 10.5 Å². The summed E-state index contributed by atoms with van der Waals surface area (Å²) in [5.41, 5.74) is 6.86. The van der Waals surface area contributed by atoms with Gasteiger partial charge in [0.1, 0.15) is 5.75 Å². The molecule has 17 heavy (non-hydrogen) atoms. The molecular weight excluding hydrogens is 216 g/mol. The molecule has 4 heteroatoms. The molecule has 1 unspecified atom stereocenters. The molecule has 0 radical (unpaired) electrons. The SMILES string of the molecule is COc1ccc(N)cc1C(=O)N1CCC(C)C1. The lowest BCUT2D eigenvalue weighted by Gasteiger charge is -2.17. The summed E-state index contributed by atoms with van der Waals surface area (Å²) < 4.78 is 5.20. The molecule has 2 N–H and O–H groups in total. The van der Waals surface area contributed by atoms with Crippen molar-refractivity contribution in [1.82, 2.24) is 4.90 Å². The Balaban J connectivity index is 2.26. The van der Waals surface area contributed by atoms with Crippen LogP contribution in [0.4, 0.5) is 5.69 Å². The maximum absolute atomic E-state index is 12.3. The number of anilines is 1. The number of nitrogens with two attached hydrogens (primary N) is 1. The normalized spacial score (nSPS) is 19.4. The number of benzene rings is 1. The number of methoxy groups -OCH3 is 1. The van der Waals surface area contributed by atoms with E-state index in [0.29, 0.717) is 22.9 Å². The van der Waals surface area contributed by atoms with Crippen LogP contribution in [0.15, 0.2) is 18.2 Å². The van der Waals surface area contributed by atoms with Crippen LogP contribution in [0.5, 0.6) is 5.75 Å². The minimum absolute atomic E-state index is 0.0125. The highest BCUT2D eigenvalue weighted by Gasteiger charge is 2.26. The summed E-state index contributed by atoms with van der Waals surface area (Å²) in [4.78, 5) is 14.2. The van der Waals surface area contributed by atoms with Gasteiger partial charge in [-0.2, -0.15) is 0 Å². The Hall–Kier alpha value is -1.71. The summed E-state index contributed by atoms with van der Waals surface area (Å²) in [6.07, 6.45) is 1.07. The monoisotopic (exact) mass is 234 g/mol. The van der Waals surface area contributed by atoms with Gasteiger partial charge in [0.2, 0.25) is 0 Å². The molecule has 1 aromatic rings. The number of carbonyl (C=O) groups is 1. The number of rotatable bonds is 2. The molecule has 1 aromatic carbocycles. The highest BCUT2D eigenvalue weighted by atomic mass is 16.5. The molecule has 1 atom stereocenters. The molecule has 2 rings (SSSR count). The highest BCUT2D eigenvalue weighted by molar-refractivity contribution is 5.98. The van der Waals surface area contributed by atoms with Crippen molar-refractivity contribution in [2.24, 2.45) is 5.92 Å². The second-order valence-corrected chi connectivity index (χ2v) is 4.60. The highest BCUT2D eigenvalue weighted by Crippen LogP contribution is 2.25. The lowest BCUT2D eigenvalue weighted by molar-refractivity contribution is 0.0785. The topological polar surface area (TPSA) is 55.6 Å². The van der Waals surface area contributed by atoms with Crippen molar-refractivity contribution < 1.29 is 9.53 Å². The number of hydrogen-bond donors (Lipinski definition) is 1. The summed E-state index contributed by atoms with van der Waals surface area (Å²) >= 11 is 0. The third-order valence-corrected chi connectivity index (χ3v) is 3.17. The first kappa shape index (κ1) is 11.8. The number of hydrogen-bond acceptors (Lipinski definition) is 3. The van der Waals surface area contributed by atoms with Crippen LogP contribution >= 0.6 is 0 Å². The predicted molar refractivity (Wildman–Crippen MR) is 67.1 cm³/mol. The fraction of sp³-hybridized carbons (Fsp3) is 0.462. The van der Waals surface area contributed by atoms with Gasteiger partial charge in [-0.15, -0.1) is 0 Å². The van der Waals surface area contributed by atoms with Crippen LogP contribution in [-0.4, -0.2) is 31.0 Å². The van der Waals surface area contributed by atoms with Gasteiger partial charge < -0.3 is 15.4 Å². The summed E-state index contributed by atoms with van der Waals surface area (Å²) in [6, 6.07) is 5.16. The maximum atomic E-state index is 12.3. The Morgan fingerprint density at radius 2 is 2.29 bits per heavy atom. The van der Waals surface area contributed by atoms with Crippen molar-refractivity contribution in [3.63, 3.8) is 0 Å². The largest absolute Gasteiger partial charge is 0.496 e. The van der Waals surface area contributed by atoms with Crippen LogP contribution in [-0.2, 0) is 0 Å². The van der Waals surface area contributed by atoms with Crippen LogP contribution in [0.1, 0.15) is 23.7 Å². The van der Waals surface area contributed by atoms with Gasteiger partial charge in [-0.3, -0.25) is 4.79 Å². The maximum Gasteiger partial charge on any atom is 0.257 e. The van der Waals surface area contributed by atoms with Crippen LogP contribution in [0, 0.1) is 5.92 Å². The van der Waals surface area contributed by atoms with E-state index >= 15 is 0 Å². The molecule has 0 aromatic heterocycles. The van der Waals surface area contributed by atoms with Crippen molar-refractivity contribution in [3.8, 4) is 5.75 Å². The number of likely N-dealkylation sites (tertiary alicyclic amines) is 1. The van der Waals surface area contributed by atoms with Gasteiger partial charge >= 0.3 is 0 Å². The van der Waals surface area contributed by atoms with Crippen LogP contribution in [0.3, 0.4) is 0 Å². The molecule has 1 fully saturated rings. The molecule has 1 heterocycles. The van der Waals surface area contributed by atoms with Crippen molar-refractivity contribution in [2.45, 2.75) is 13.3 Å². The van der Waals surface area contributed by atoms with Gasteiger partial charge in [-0.1, -0.05) is 6.92 Å². The van der Waals surface area contributed by atoms with E-state index in [9.17, 15) is 4.79 Å². The molecule has 0 saturated carbocycles. The number of ether oxygens (including phenoxy) is 1. The summed E-state index contributed by atoms with van der Waals surface area (Å²) in [7, 11) is 1.56. The lowest BCUT2D eigenvalue weighted by atomic mass is 10.1. The van der Waals surface area contributed by atoms with E-state index in [2.05, 4.69) is 6.92 Å². The molecule has 0 aliphatic carbocycles. The Morgan fingerprint density at radius 1 is 1.53 bits per heavy atom. The van der Waals surface area contributed by atoms with Crippen molar-refractivity contribution in [1.29, 1.82) is 0 Å². The molecule has 1 aliphatic rings. The molecule has 0 spiro atoms. The first-order chi connectivity index (χ1) is 8.11. The van der Waals surface area contributed by atoms with E-state index < -0.39 is 0 Å². The van der Waals surface area contributed by atoms with Gasteiger partial charge in [0.05, 0.1) is 12.7 Å². The number of nitrogens with zero attached hydrogens (tertiary/aromatic N) is 1. The standard InChI is InChI=1S/C13H18N2O2/c1-9-5-6-15(8-9)13(16)11-7-10(14)3-4-12(11)17-2/h3-4,7,9H,5-6,8,14H2,1-2H3. The molecule has 4 nitrogen and oxygen atoms in total. The van der Waals surface area contributed by atoms with Gasteiger partial charge in [-0.25, -0.2) is 0 Å². The van der Waals surface area contributed by atoms with Gasteiger partial charge in [0.25, 0.3) is 5.91 Å². The van der Waals surface area contributed by atoms with Gasteiger partial charge in [0, 0.05) is 18.8 Å². The minimum Gasteiger partial charge on any atom is -0.496 e. The fourth-order valence-corrected chi connectivity index (χ4v) is 2.18. The zero-order valence-corrected chi connectivity index (χ0v) is 10.3. The van der Waals surface area contributed by atoms with Crippen molar-refractivity contribution in [3.05, 3.63) is 23.8 Å². The molecule has 1 amide bonds. The smallest absolute Gasteiger partial charge is 0.257 e. The zero-order valence-electron chi connectivity index (χ0n) is 10.3. The summed E-state index contributed by atoms with van der Waals surface area (Å²) in [6.45, 7) is 3.79. The Labute approximate surface area is 101 Å². The van der Waals surface area contributed by atoms with E-state index in [1.54, 1.807) is 25.3 Å². The third kappa shape index (κ3) is 2.35. The average molecular weight is 234 g/mol. The Morgan fingerprint density at radius 3 is 2.88 bits per heavy atom.